The summed E-state index contributed by atoms with van der Waals surface area (Å²) in [5.41, 5.74) is 8.13. The smallest absolute Gasteiger partial charge is 0.118 e. The summed E-state index contributed by atoms with van der Waals surface area (Å²) in [5.74, 6) is 0.910. The van der Waals surface area contributed by atoms with Gasteiger partial charge in [0, 0.05) is 6.54 Å². The number of aryl methyl sites for hydroxylation is 1. The van der Waals surface area contributed by atoms with Crippen LogP contribution in [-0.4, -0.2) is 13.7 Å². The molecule has 0 heterocycles. The Morgan fingerprint density at radius 3 is 2.53 bits per heavy atom. The lowest BCUT2D eigenvalue weighted by Gasteiger charge is -2.03. The van der Waals surface area contributed by atoms with E-state index in [1.54, 1.807) is 7.11 Å². The van der Waals surface area contributed by atoms with Gasteiger partial charge >= 0.3 is 0 Å². The highest BCUT2D eigenvalue weighted by molar-refractivity contribution is 5.27. The minimum atomic E-state index is 0.633. The quantitative estimate of drug-likeness (QED) is 0.750. The van der Waals surface area contributed by atoms with Crippen LogP contribution in [0.25, 0.3) is 0 Å². The van der Waals surface area contributed by atoms with E-state index in [2.05, 4.69) is 25.1 Å². The number of nitrogens with two attached hydrogens (primary N) is 1. The van der Waals surface area contributed by atoms with E-state index in [-0.39, 0.29) is 0 Å². The molecule has 0 radical (unpaired) electrons. The summed E-state index contributed by atoms with van der Waals surface area (Å²) >= 11 is 0. The van der Waals surface area contributed by atoms with Crippen molar-refractivity contribution >= 4 is 0 Å². The Morgan fingerprint density at radius 1 is 1.33 bits per heavy atom. The Hall–Kier alpha value is -1.28. The van der Waals surface area contributed by atoms with E-state index < -0.39 is 0 Å². The van der Waals surface area contributed by atoms with E-state index in [4.69, 9.17) is 10.5 Å². The molecule has 0 spiro atoms. The van der Waals surface area contributed by atoms with E-state index >= 15 is 0 Å². The molecule has 0 aliphatic carbocycles. The van der Waals surface area contributed by atoms with Crippen LogP contribution in [0.4, 0.5) is 0 Å². The van der Waals surface area contributed by atoms with Crippen LogP contribution in [0.2, 0.25) is 0 Å². The second-order valence-electron chi connectivity index (χ2n) is 3.63. The standard InChI is InChI=1S/C13H19NO/c1-11(9-10-14)3-4-12-5-7-13(15-2)8-6-12/h5-9H,3-4,10,14H2,1-2H3. The Bertz CT molecular complexity index is 314. The van der Waals surface area contributed by atoms with E-state index in [0.717, 1.165) is 18.6 Å². The van der Waals surface area contributed by atoms with Gasteiger partial charge in [-0.1, -0.05) is 23.8 Å². The monoisotopic (exact) mass is 205 g/mol. The van der Waals surface area contributed by atoms with Crippen LogP contribution in [-0.2, 0) is 6.42 Å². The van der Waals surface area contributed by atoms with E-state index in [1.807, 2.05) is 12.1 Å². The van der Waals surface area contributed by atoms with Crippen molar-refractivity contribution in [1.82, 2.24) is 0 Å². The Morgan fingerprint density at radius 2 is 2.00 bits per heavy atom. The molecule has 2 nitrogen and oxygen atoms in total. The summed E-state index contributed by atoms with van der Waals surface area (Å²) in [4.78, 5) is 0. The third-order valence-corrected chi connectivity index (χ3v) is 2.43. The molecule has 0 saturated carbocycles. The second-order valence-corrected chi connectivity index (χ2v) is 3.63. The highest BCUT2D eigenvalue weighted by Gasteiger charge is 1.95. The first-order chi connectivity index (χ1) is 7.26. The number of methoxy groups -OCH3 is 1. The van der Waals surface area contributed by atoms with Gasteiger partial charge in [0.15, 0.2) is 0 Å². The van der Waals surface area contributed by atoms with Crippen LogP contribution in [0, 0.1) is 0 Å². The van der Waals surface area contributed by atoms with Crippen molar-refractivity contribution < 1.29 is 4.74 Å². The molecule has 1 rings (SSSR count). The predicted molar refractivity (Wildman–Crippen MR) is 64.1 cm³/mol. The third kappa shape index (κ3) is 4.17. The molecule has 1 aromatic rings. The highest BCUT2D eigenvalue weighted by atomic mass is 16.5. The summed E-state index contributed by atoms with van der Waals surface area (Å²) in [7, 11) is 1.68. The van der Waals surface area contributed by atoms with Crippen LogP contribution in [0.5, 0.6) is 5.75 Å². The fourth-order valence-corrected chi connectivity index (χ4v) is 1.44. The zero-order valence-electron chi connectivity index (χ0n) is 9.49. The van der Waals surface area contributed by atoms with E-state index in [1.165, 1.54) is 11.1 Å². The Labute approximate surface area is 91.7 Å². The van der Waals surface area contributed by atoms with E-state index in [9.17, 15) is 0 Å². The molecule has 0 bridgehead atoms. The SMILES string of the molecule is COc1ccc(CCC(C)=CCN)cc1. The van der Waals surface area contributed by atoms with E-state index in [0.29, 0.717) is 6.54 Å². The number of benzene rings is 1. The largest absolute Gasteiger partial charge is 0.497 e. The van der Waals surface area contributed by atoms with Crippen molar-refractivity contribution in [2.75, 3.05) is 13.7 Å². The fraction of sp³-hybridized carbons (Fsp3) is 0.385. The van der Waals surface area contributed by atoms with Crippen molar-refractivity contribution in [1.29, 1.82) is 0 Å². The van der Waals surface area contributed by atoms with Gasteiger partial charge in [0.05, 0.1) is 7.11 Å². The Kier molecular flexibility index (Phi) is 4.91. The van der Waals surface area contributed by atoms with Crippen molar-refractivity contribution in [3.05, 3.63) is 41.5 Å². The number of rotatable bonds is 5. The molecular formula is C13H19NO. The van der Waals surface area contributed by atoms with Gasteiger partial charge in [0.25, 0.3) is 0 Å². The first-order valence-electron chi connectivity index (χ1n) is 5.25. The van der Waals surface area contributed by atoms with Gasteiger partial charge in [-0.2, -0.15) is 0 Å². The topological polar surface area (TPSA) is 35.2 Å². The van der Waals surface area contributed by atoms with Crippen LogP contribution >= 0.6 is 0 Å². The molecule has 2 heteroatoms. The van der Waals surface area contributed by atoms with Gasteiger partial charge < -0.3 is 10.5 Å². The summed E-state index contributed by atoms with van der Waals surface area (Å²) in [6.07, 6.45) is 4.21. The molecule has 0 atom stereocenters. The molecule has 82 valence electrons. The van der Waals surface area contributed by atoms with Crippen LogP contribution in [0.1, 0.15) is 18.9 Å². The number of hydrogen-bond acceptors (Lipinski definition) is 2. The first-order valence-corrected chi connectivity index (χ1v) is 5.25. The summed E-state index contributed by atoms with van der Waals surface area (Å²) in [6.45, 7) is 2.75. The lowest BCUT2D eigenvalue weighted by atomic mass is 10.1. The molecule has 15 heavy (non-hydrogen) atoms. The highest BCUT2D eigenvalue weighted by Crippen LogP contribution is 2.14. The molecule has 0 aromatic heterocycles. The predicted octanol–water partition coefficient (Wildman–Crippen LogP) is 2.53. The van der Waals surface area contributed by atoms with Crippen LogP contribution < -0.4 is 10.5 Å². The average molecular weight is 205 g/mol. The molecule has 0 aliphatic heterocycles. The third-order valence-electron chi connectivity index (χ3n) is 2.43. The summed E-state index contributed by atoms with van der Waals surface area (Å²) < 4.78 is 5.11. The molecule has 1 aromatic carbocycles. The molecule has 0 amide bonds. The first kappa shape index (κ1) is 11.8. The van der Waals surface area contributed by atoms with Gasteiger partial charge in [-0.3, -0.25) is 0 Å². The summed E-state index contributed by atoms with van der Waals surface area (Å²) in [6, 6.07) is 8.21. The minimum absolute atomic E-state index is 0.633. The Balaban J connectivity index is 2.47. The molecule has 0 fully saturated rings. The van der Waals surface area contributed by atoms with Gasteiger partial charge in [-0.05, 0) is 37.5 Å². The molecule has 0 saturated heterocycles. The fourth-order valence-electron chi connectivity index (χ4n) is 1.44. The minimum Gasteiger partial charge on any atom is -0.497 e. The van der Waals surface area contributed by atoms with Gasteiger partial charge in [-0.25, -0.2) is 0 Å². The molecule has 0 aliphatic rings. The lowest BCUT2D eigenvalue weighted by Crippen LogP contribution is -1.95. The number of hydrogen-bond donors (Lipinski definition) is 1. The van der Waals surface area contributed by atoms with Crippen molar-refractivity contribution in [2.24, 2.45) is 5.73 Å². The zero-order chi connectivity index (χ0) is 11.1. The molecular weight excluding hydrogens is 186 g/mol. The summed E-state index contributed by atoms with van der Waals surface area (Å²) in [5, 5.41) is 0. The maximum Gasteiger partial charge on any atom is 0.118 e. The normalized spacial score (nSPS) is 11.5. The maximum absolute atomic E-state index is 5.44. The average Bonchev–Trinajstić information content (AvgIpc) is 2.27. The number of ether oxygens (including phenoxy) is 1. The molecule has 0 unspecified atom stereocenters. The lowest BCUT2D eigenvalue weighted by molar-refractivity contribution is 0.414. The van der Waals surface area contributed by atoms with Crippen LogP contribution in [0.3, 0.4) is 0 Å². The molecule has 2 N–H and O–H groups in total. The van der Waals surface area contributed by atoms with Gasteiger partial charge in [0.2, 0.25) is 0 Å². The van der Waals surface area contributed by atoms with Crippen molar-refractivity contribution in [3.8, 4) is 5.75 Å². The number of allylic oxidation sites excluding steroid dienone is 1. The maximum atomic E-state index is 5.44. The van der Waals surface area contributed by atoms with Crippen molar-refractivity contribution in [2.45, 2.75) is 19.8 Å². The van der Waals surface area contributed by atoms with Crippen molar-refractivity contribution in [3.63, 3.8) is 0 Å². The van der Waals surface area contributed by atoms with Crippen LogP contribution in [0.15, 0.2) is 35.9 Å². The van der Waals surface area contributed by atoms with Gasteiger partial charge in [0.1, 0.15) is 5.75 Å². The van der Waals surface area contributed by atoms with Gasteiger partial charge in [-0.15, -0.1) is 0 Å². The zero-order valence-corrected chi connectivity index (χ0v) is 9.49. The second kappa shape index (κ2) is 6.25.